The first-order valence-corrected chi connectivity index (χ1v) is 6.18. The van der Waals surface area contributed by atoms with E-state index in [0.717, 1.165) is 0 Å². The highest BCUT2D eigenvalue weighted by molar-refractivity contribution is 14.1. The zero-order valence-corrected chi connectivity index (χ0v) is 11.1. The van der Waals surface area contributed by atoms with Gasteiger partial charge in [-0.25, -0.2) is 0 Å². The third-order valence-corrected chi connectivity index (χ3v) is 3.76. The van der Waals surface area contributed by atoms with E-state index in [1.165, 1.54) is 0 Å². The molecule has 0 saturated heterocycles. The van der Waals surface area contributed by atoms with E-state index in [-0.39, 0.29) is 0 Å². The van der Waals surface area contributed by atoms with E-state index >= 15 is 0 Å². The van der Waals surface area contributed by atoms with Gasteiger partial charge in [0.2, 0.25) is 0 Å². The molecule has 6 heteroatoms. The van der Waals surface area contributed by atoms with Crippen molar-refractivity contribution in [2.45, 2.75) is 27.1 Å². The summed E-state index contributed by atoms with van der Waals surface area (Å²) in [6.45, 7) is 0. The summed E-state index contributed by atoms with van der Waals surface area (Å²) in [5, 5.41) is 17.1. The summed E-state index contributed by atoms with van der Waals surface area (Å²) in [5.41, 5.74) is 0. The Morgan fingerprint density at radius 3 is 1.54 bits per heavy atom. The molecule has 0 aliphatic rings. The van der Waals surface area contributed by atoms with Crippen LogP contribution >= 0.6 is 45.2 Å². The standard InChI is InChI=1S/C7H10I2O4/c8-4(6(10)11)2-1-3-5(9)7(12)13/h4-5H,1-3H2,(H,10,11)(H,12,13). The van der Waals surface area contributed by atoms with E-state index in [4.69, 9.17) is 10.2 Å². The van der Waals surface area contributed by atoms with Crippen molar-refractivity contribution in [1.82, 2.24) is 0 Å². The Balaban J connectivity index is 3.56. The lowest BCUT2D eigenvalue weighted by atomic mass is 10.1. The molecule has 0 aliphatic heterocycles. The normalized spacial score (nSPS) is 14.9. The molecule has 2 atom stereocenters. The number of aliphatic carboxylic acids is 2. The van der Waals surface area contributed by atoms with E-state index in [1.807, 2.05) is 45.2 Å². The zero-order valence-electron chi connectivity index (χ0n) is 6.74. The van der Waals surface area contributed by atoms with Gasteiger partial charge in [-0.2, -0.15) is 0 Å². The molecule has 0 aromatic heterocycles. The summed E-state index contributed by atoms with van der Waals surface area (Å²) in [6.07, 6.45) is 1.70. The van der Waals surface area contributed by atoms with Gasteiger partial charge in [-0.05, 0) is 12.8 Å². The van der Waals surface area contributed by atoms with Crippen molar-refractivity contribution in [1.29, 1.82) is 0 Å². The fourth-order valence-corrected chi connectivity index (χ4v) is 1.60. The molecule has 13 heavy (non-hydrogen) atoms. The van der Waals surface area contributed by atoms with Crippen LogP contribution in [0.5, 0.6) is 0 Å². The molecule has 0 radical (unpaired) electrons. The molecule has 0 spiro atoms. The second-order valence-electron chi connectivity index (χ2n) is 2.54. The number of carboxylic acids is 2. The first-order chi connectivity index (χ1) is 5.95. The Morgan fingerprint density at radius 2 is 1.31 bits per heavy atom. The number of hydrogen-bond donors (Lipinski definition) is 2. The van der Waals surface area contributed by atoms with Crippen LogP contribution in [0.2, 0.25) is 0 Å². The number of carboxylic acid groups (broad SMARTS) is 2. The Hall–Kier alpha value is 0.400. The van der Waals surface area contributed by atoms with Gasteiger partial charge in [-0.1, -0.05) is 51.6 Å². The molecule has 0 heterocycles. The molecule has 0 fully saturated rings. The largest absolute Gasteiger partial charge is 0.480 e. The van der Waals surface area contributed by atoms with Gasteiger partial charge in [0.05, 0.1) is 0 Å². The second-order valence-corrected chi connectivity index (χ2v) is 5.55. The monoisotopic (exact) mass is 412 g/mol. The first kappa shape index (κ1) is 13.4. The fourth-order valence-electron chi connectivity index (χ4n) is 0.723. The molecule has 2 unspecified atom stereocenters. The zero-order chi connectivity index (χ0) is 10.4. The molecule has 0 aromatic rings. The van der Waals surface area contributed by atoms with E-state index in [0.29, 0.717) is 19.3 Å². The number of hydrogen-bond acceptors (Lipinski definition) is 2. The van der Waals surface area contributed by atoms with Crippen LogP contribution in [0.15, 0.2) is 0 Å². The first-order valence-electron chi connectivity index (χ1n) is 3.69. The summed E-state index contributed by atoms with van der Waals surface area (Å²) in [7, 11) is 0. The summed E-state index contributed by atoms with van der Waals surface area (Å²) in [6, 6.07) is 0. The van der Waals surface area contributed by atoms with Crippen LogP contribution in [-0.2, 0) is 9.59 Å². The number of alkyl halides is 2. The van der Waals surface area contributed by atoms with Crippen LogP contribution in [-0.4, -0.2) is 30.0 Å². The molecular weight excluding hydrogens is 402 g/mol. The van der Waals surface area contributed by atoms with Crippen molar-refractivity contribution in [2.75, 3.05) is 0 Å². The minimum atomic E-state index is -0.832. The Bertz CT molecular complexity index is 175. The second kappa shape index (κ2) is 6.80. The molecule has 0 aliphatic carbocycles. The van der Waals surface area contributed by atoms with Crippen molar-refractivity contribution in [3.05, 3.63) is 0 Å². The van der Waals surface area contributed by atoms with Crippen LogP contribution in [0.4, 0.5) is 0 Å². The van der Waals surface area contributed by atoms with Crippen LogP contribution in [0.1, 0.15) is 19.3 Å². The van der Waals surface area contributed by atoms with Crippen molar-refractivity contribution < 1.29 is 19.8 Å². The highest BCUT2D eigenvalue weighted by Crippen LogP contribution is 2.15. The van der Waals surface area contributed by atoms with Crippen LogP contribution in [0.3, 0.4) is 0 Å². The molecule has 0 bridgehead atoms. The molecule has 0 rings (SSSR count). The van der Waals surface area contributed by atoms with Crippen LogP contribution in [0.25, 0.3) is 0 Å². The highest BCUT2D eigenvalue weighted by Gasteiger charge is 2.16. The van der Waals surface area contributed by atoms with Crippen molar-refractivity contribution >= 4 is 57.1 Å². The molecule has 0 saturated carbocycles. The lowest BCUT2D eigenvalue weighted by Crippen LogP contribution is -2.15. The highest BCUT2D eigenvalue weighted by atomic mass is 127. The smallest absolute Gasteiger partial charge is 0.316 e. The van der Waals surface area contributed by atoms with Crippen LogP contribution in [0, 0.1) is 0 Å². The summed E-state index contributed by atoms with van der Waals surface area (Å²) < 4.78 is -0.815. The van der Waals surface area contributed by atoms with Gasteiger partial charge in [-0.15, -0.1) is 0 Å². The molecular formula is C7H10I2O4. The van der Waals surface area contributed by atoms with E-state index in [2.05, 4.69) is 0 Å². The molecule has 0 amide bonds. The van der Waals surface area contributed by atoms with Gasteiger partial charge in [0.25, 0.3) is 0 Å². The Labute approximate surface area is 103 Å². The molecule has 0 aromatic carbocycles. The van der Waals surface area contributed by atoms with Crippen molar-refractivity contribution in [2.24, 2.45) is 0 Å². The van der Waals surface area contributed by atoms with Gasteiger partial charge >= 0.3 is 11.9 Å². The maximum atomic E-state index is 10.4. The summed E-state index contributed by atoms with van der Waals surface area (Å²) in [5.74, 6) is -1.66. The minimum Gasteiger partial charge on any atom is -0.480 e. The van der Waals surface area contributed by atoms with E-state index in [9.17, 15) is 9.59 Å². The number of carbonyl (C=O) groups is 2. The topological polar surface area (TPSA) is 74.6 Å². The maximum absolute atomic E-state index is 10.4. The SMILES string of the molecule is O=C(O)C(I)CCCC(I)C(=O)O. The minimum absolute atomic E-state index is 0.407. The predicted molar refractivity (Wildman–Crippen MR) is 64.7 cm³/mol. The molecule has 76 valence electrons. The summed E-state index contributed by atoms with van der Waals surface area (Å²) >= 11 is 3.69. The third kappa shape index (κ3) is 6.47. The number of halogens is 2. The lowest BCUT2D eigenvalue weighted by molar-refractivity contribution is -0.136. The average molecular weight is 412 g/mol. The molecule has 2 N–H and O–H groups in total. The van der Waals surface area contributed by atoms with Crippen LogP contribution < -0.4 is 0 Å². The van der Waals surface area contributed by atoms with E-state index in [1.54, 1.807) is 0 Å². The lowest BCUT2D eigenvalue weighted by Gasteiger charge is -2.05. The van der Waals surface area contributed by atoms with Gasteiger partial charge in [0.15, 0.2) is 0 Å². The quantitative estimate of drug-likeness (QED) is 0.517. The fraction of sp³-hybridized carbons (Fsp3) is 0.714. The number of rotatable bonds is 6. The molecule has 4 nitrogen and oxygen atoms in total. The van der Waals surface area contributed by atoms with Crippen molar-refractivity contribution in [3.8, 4) is 0 Å². The Kier molecular flexibility index (Phi) is 7.00. The Morgan fingerprint density at radius 1 is 1.00 bits per heavy atom. The van der Waals surface area contributed by atoms with Gasteiger partial charge in [-0.3, -0.25) is 9.59 Å². The average Bonchev–Trinajstić information content (AvgIpc) is 2.03. The maximum Gasteiger partial charge on any atom is 0.316 e. The van der Waals surface area contributed by atoms with Gasteiger partial charge in [0, 0.05) is 0 Å². The summed E-state index contributed by atoms with van der Waals surface area (Å²) in [4.78, 5) is 20.8. The van der Waals surface area contributed by atoms with Gasteiger partial charge in [0.1, 0.15) is 7.85 Å². The predicted octanol–water partition coefficient (Wildman–Crippen LogP) is 1.93. The van der Waals surface area contributed by atoms with Crippen molar-refractivity contribution in [3.63, 3.8) is 0 Å². The van der Waals surface area contributed by atoms with Gasteiger partial charge < -0.3 is 10.2 Å². The van der Waals surface area contributed by atoms with E-state index < -0.39 is 19.8 Å². The third-order valence-electron chi connectivity index (χ3n) is 1.45.